The molecule has 1 fully saturated rings. The van der Waals surface area contributed by atoms with Crippen molar-refractivity contribution in [3.8, 4) is 17.2 Å². The number of hydrogen-bond donors (Lipinski definition) is 1. The van der Waals surface area contributed by atoms with Crippen LogP contribution in [0.25, 0.3) is 0 Å². The zero-order chi connectivity index (χ0) is 25.7. The van der Waals surface area contributed by atoms with Crippen LogP contribution in [0.3, 0.4) is 0 Å². The Morgan fingerprint density at radius 1 is 0.972 bits per heavy atom. The summed E-state index contributed by atoms with van der Waals surface area (Å²) in [6, 6.07) is 18.7. The van der Waals surface area contributed by atoms with Gasteiger partial charge in [-0.2, -0.15) is 0 Å². The largest absolute Gasteiger partial charge is 0.497 e. The smallest absolute Gasteiger partial charge is 0.311 e. The summed E-state index contributed by atoms with van der Waals surface area (Å²) in [5.74, 6) is -0.101. The topological polar surface area (TPSA) is 94.2 Å². The van der Waals surface area contributed by atoms with Gasteiger partial charge in [-0.3, -0.25) is 14.4 Å². The van der Waals surface area contributed by atoms with Crippen LogP contribution in [0.2, 0.25) is 10.0 Å². The Hall–Kier alpha value is -3.75. The number of nitrogens with zero attached hydrogens (tertiary/aromatic N) is 1. The molecule has 0 aromatic heterocycles. The predicted molar refractivity (Wildman–Crippen MR) is 136 cm³/mol. The monoisotopic (exact) mass is 528 g/mol. The molecule has 0 aliphatic carbocycles. The van der Waals surface area contributed by atoms with Gasteiger partial charge in [-0.15, -0.1) is 0 Å². The van der Waals surface area contributed by atoms with Crippen molar-refractivity contribution >= 4 is 52.4 Å². The Kier molecular flexibility index (Phi) is 7.97. The van der Waals surface area contributed by atoms with E-state index in [2.05, 4.69) is 5.32 Å². The Morgan fingerprint density at radius 3 is 2.25 bits per heavy atom. The van der Waals surface area contributed by atoms with Crippen molar-refractivity contribution in [2.45, 2.75) is 6.42 Å². The SMILES string of the molecule is COc1ccc(Oc2ccc(N3C[C@@H](C(=O)OCC(=O)Nc4ccc(Cl)cc4Cl)CC3=O)cc2)cc1. The lowest BCUT2D eigenvalue weighted by atomic mass is 10.1. The van der Waals surface area contributed by atoms with Gasteiger partial charge in [-0.05, 0) is 66.7 Å². The molecule has 4 rings (SSSR count). The third kappa shape index (κ3) is 6.27. The van der Waals surface area contributed by atoms with Gasteiger partial charge in [0.2, 0.25) is 5.91 Å². The molecular weight excluding hydrogens is 507 g/mol. The molecule has 186 valence electrons. The molecule has 3 aromatic carbocycles. The van der Waals surface area contributed by atoms with Crippen molar-refractivity contribution in [3.63, 3.8) is 0 Å². The number of hydrogen-bond acceptors (Lipinski definition) is 6. The predicted octanol–water partition coefficient (Wildman–Crippen LogP) is 5.33. The van der Waals surface area contributed by atoms with Crippen LogP contribution >= 0.6 is 23.2 Å². The van der Waals surface area contributed by atoms with Crippen LogP contribution in [0.5, 0.6) is 17.2 Å². The van der Waals surface area contributed by atoms with Crippen molar-refractivity contribution in [3.05, 3.63) is 76.8 Å². The van der Waals surface area contributed by atoms with Crippen LogP contribution in [0, 0.1) is 5.92 Å². The number of ether oxygens (including phenoxy) is 3. The molecule has 1 N–H and O–H groups in total. The van der Waals surface area contributed by atoms with Gasteiger partial charge >= 0.3 is 5.97 Å². The molecule has 8 nitrogen and oxygen atoms in total. The minimum atomic E-state index is -0.681. The number of methoxy groups -OCH3 is 1. The summed E-state index contributed by atoms with van der Waals surface area (Å²) in [7, 11) is 1.59. The first kappa shape index (κ1) is 25.3. The zero-order valence-electron chi connectivity index (χ0n) is 19.2. The van der Waals surface area contributed by atoms with E-state index < -0.39 is 24.4 Å². The van der Waals surface area contributed by atoms with E-state index in [9.17, 15) is 14.4 Å². The summed E-state index contributed by atoms with van der Waals surface area (Å²) >= 11 is 11.9. The van der Waals surface area contributed by atoms with E-state index >= 15 is 0 Å². The summed E-state index contributed by atoms with van der Waals surface area (Å²) < 4.78 is 16.1. The third-order valence-corrected chi connectivity index (χ3v) is 6.00. The maximum atomic E-state index is 12.5. The van der Waals surface area contributed by atoms with Crippen LogP contribution in [-0.2, 0) is 19.1 Å². The Morgan fingerprint density at radius 2 is 1.61 bits per heavy atom. The summed E-state index contributed by atoms with van der Waals surface area (Å²) in [6.45, 7) is -0.346. The van der Waals surface area contributed by atoms with Crippen LogP contribution in [-0.4, -0.2) is 38.0 Å². The third-order valence-electron chi connectivity index (χ3n) is 5.45. The van der Waals surface area contributed by atoms with Gasteiger partial charge < -0.3 is 24.4 Å². The molecule has 1 heterocycles. The van der Waals surface area contributed by atoms with Gasteiger partial charge in [0.25, 0.3) is 5.91 Å². The molecule has 10 heteroatoms. The number of amides is 2. The minimum Gasteiger partial charge on any atom is -0.497 e. The number of esters is 1. The lowest BCUT2D eigenvalue weighted by molar-refractivity contribution is -0.151. The average Bonchev–Trinajstić information content (AvgIpc) is 3.27. The number of halogens is 2. The minimum absolute atomic E-state index is 0.00638. The molecule has 0 unspecified atom stereocenters. The molecule has 2 amide bonds. The number of nitrogens with one attached hydrogen (secondary N) is 1. The normalized spacial score (nSPS) is 14.9. The zero-order valence-corrected chi connectivity index (χ0v) is 20.7. The molecule has 3 aromatic rings. The van der Waals surface area contributed by atoms with Gasteiger partial charge in [0.05, 0.1) is 23.7 Å². The highest BCUT2D eigenvalue weighted by Gasteiger charge is 2.36. The molecule has 1 saturated heterocycles. The second kappa shape index (κ2) is 11.3. The molecule has 0 bridgehead atoms. The number of benzene rings is 3. The molecule has 1 atom stereocenters. The fourth-order valence-electron chi connectivity index (χ4n) is 3.62. The molecule has 0 radical (unpaired) electrons. The Balaban J connectivity index is 1.29. The second-order valence-corrected chi connectivity index (χ2v) is 8.80. The summed E-state index contributed by atoms with van der Waals surface area (Å²) in [5, 5.41) is 3.25. The van der Waals surface area contributed by atoms with Crippen LogP contribution in [0.1, 0.15) is 6.42 Å². The summed E-state index contributed by atoms with van der Waals surface area (Å²) in [6.07, 6.45) is -0.00638. The van der Waals surface area contributed by atoms with Crippen LogP contribution in [0.4, 0.5) is 11.4 Å². The summed E-state index contributed by atoms with van der Waals surface area (Å²) in [4.78, 5) is 38.7. The number of anilines is 2. The van der Waals surface area contributed by atoms with E-state index in [1.54, 1.807) is 67.8 Å². The van der Waals surface area contributed by atoms with E-state index in [1.807, 2.05) is 0 Å². The standard InChI is InChI=1S/C26H22Cl2N2O6/c1-34-19-7-9-21(10-8-19)36-20-5-3-18(4-6-20)30-14-16(12-25(30)32)26(33)35-15-24(31)29-23-11-2-17(27)13-22(23)28/h2-11,13,16H,12,14-15H2,1H3,(H,29,31)/t16-/m0/s1. The van der Waals surface area contributed by atoms with E-state index in [1.165, 1.54) is 11.0 Å². The van der Waals surface area contributed by atoms with Gasteiger partial charge in [-0.1, -0.05) is 23.2 Å². The van der Waals surface area contributed by atoms with Gasteiger partial charge in [0.15, 0.2) is 6.61 Å². The second-order valence-electron chi connectivity index (χ2n) is 7.96. The van der Waals surface area contributed by atoms with E-state index in [-0.39, 0.29) is 23.9 Å². The Bertz CT molecular complexity index is 1260. The molecule has 1 aliphatic rings. The number of carbonyl (C=O) groups excluding carboxylic acids is 3. The molecule has 1 aliphatic heterocycles. The fraction of sp³-hybridized carbons (Fsp3) is 0.192. The van der Waals surface area contributed by atoms with Crippen molar-refractivity contribution < 1.29 is 28.6 Å². The van der Waals surface area contributed by atoms with Crippen LogP contribution < -0.4 is 19.7 Å². The van der Waals surface area contributed by atoms with Crippen molar-refractivity contribution in [2.75, 3.05) is 30.5 Å². The molecule has 0 spiro atoms. The van der Waals surface area contributed by atoms with Crippen molar-refractivity contribution in [2.24, 2.45) is 5.92 Å². The van der Waals surface area contributed by atoms with E-state index in [4.69, 9.17) is 37.4 Å². The first-order chi connectivity index (χ1) is 17.3. The fourth-order valence-corrected chi connectivity index (χ4v) is 4.08. The molecular formula is C26H22Cl2N2O6. The highest BCUT2D eigenvalue weighted by atomic mass is 35.5. The summed E-state index contributed by atoms with van der Waals surface area (Å²) in [5.41, 5.74) is 0.983. The highest BCUT2D eigenvalue weighted by Crippen LogP contribution is 2.30. The quantitative estimate of drug-likeness (QED) is 0.397. The van der Waals surface area contributed by atoms with E-state index in [0.717, 1.165) is 5.75 Å². The first-order valence-corrected chi connectivity index (χ1v) is 11.7. The van der Waals surface area contributed by atoms with Crippen LogP contribution in [0.15, 0.2) is 66.7 Å². The Labute approximate surface area is 217 Å². The lowest BCUT2D eigenvalue weighted by Crippen LogP contribution is -2.28. The lowest BCUT2D eigenvalue weighted by Gasteiger charge is -2.17. The molecule has 0 saturated carbocycles. The maximum absolute atomic E-state index is 12.5. The maximum Gasteiger partial charge on any atom is 0.311 e. The van der Waals surface area contributed by atoms with E-state index in [0.29, 0.717) is 27.9 Å². The highest BCUT2D eigenvalue weighted by molar-refractivity contribution is 6.36. The van der Waals surface area contributed by atoms with Gasteiger partial charge in [-0.25, -0.2) is 0 Å². The number of rotatable bonds is 8. The molecule has 36 heavy (non-hydrogen) atoms. The van der Waals surface area contributed by atoms with Crippen molar-refractivity contribution in [1.82, 2.24) is 0 Å². The average molecular weight is 529 g/mol. The number of carbonyl (C=O) groups is 3. The van der Waals surface area contributed by atoms with Crippen molar-refractivity contribution in [1.29, 1.82) is 0 Å². The van der Waals surface area contributed by atoms with Gasteiger partial charge in [0.1, 0.15) is 17.2 Å². The first-order valence-electron chi connectivity index (χ1n) is 11.0. The van der Waals surface area contributed by atoms with Gasteiger partial charge in [0, 0.05) is 23.7 Å².